The van der Waals surface area contributed by atoms with Crippen LogP contribution in [0.4, 0.5) is 0 Å². The van der Waals surface area contributed by atoms with Crippen molar-refractivity contribution in [3.05, 3.63) is 24.0 Å². The molecule has 1 rings (SSSR count). The number of piperazine rings is 1. The molecule has 0 spiro atoms. The first-order valence-electron chi connectivity index (χ1n) is 5.02. The topological polar surface area (TPSA) is 44.7 Å². The van der Waals surface area contributed by atoms with Crippen LogP contribution in [-0.4, -0.2) is 36.7 Å². The number of amides is 1. The van der Waals surface area contributed by atoms with Crippen molar-refractivity contribution in [1.82, 2.24) is 10.2 Å². The first kappa shape index (κ1) is 11.7. The molecule has 1 aliphatic heterocycles. The van der Waals surface area contributed by atoms with Crippen molar-refractivity contribution in [2.24, 2.45) is 4.99 Å². The smallest absolute Gasteiger partial charge is 0.241 e. The van der Waals surface area contributed by atoms with Crippen LogP contribution in [0.15, 0.2) is 29.0 Å². The van der Waals surface area contributed by atoms with Gasteiger partial charge in [-0.05, 0) is 13.8 Å². The average molecular weight is 207 g/mol. The van der Waals surface area contributed by atoms with E-state index in [1.165, 1.54) is 0 Å². The fourth-order valence-electron chi connectivity index (χ4n) is 1.36. The molecule has 1 aliphatic rings. The number of carbonyl (C=O) groups is 1. The van der Waals surface area contributed by atoms with Gasteiger partial charge in [0.15, 0.2) is 0 Å². The van der Waals surface area contributed by atoms with Gasteiger partial charge in [0.05, 0.1) is 18.5 Å². The van der Waals surface area contributed by atoms with Gasteiger partial charge >= 0.3 is 0 Å². The molecular weight excluding hydrogens is 190 g/mol. The van der Waals surface area contributed by atoms with E-state index >= 15 is 0 Å². The number of allylic oxidation sites excluding steroid dienone is 3. The van der Waals surface area contributed by atoms with Crippen molar-refractivity contribution < 1.29 is 4.79 Å². The summed E-state index contributed by atoms with van der Waals surface area (Å²) in [7, 11) is 0. The van der Waals surface area contributed by atoms with E-state index in [2.05, 4.69) is 16.9 Å². The van der Waals surface area contributed by atoms with E-state index in [1.54, 1.807) is 11.1 Å². The minimum absolute atomic E-state index is 0.0857. The number of aliphatic imine (C=N–C) groups is 1. The standard InChI is InChI=1S/C11H17N3O/c1-4-10(7-13-9(2)3)14-6-5-12-8-11(14)15/h4,7,12H,2,5-6,8H2,1,3H3/b10-4+,13-7-. The molecule has 0 atom stereocenters. The van der Waals surface area contributed by atoms with Crippen LogP contribution >= 0.6 is 0 Å². The number of rotatable bonds is 3. The minimum atomic E-state index is 0.0857. The second kappa shape index (κ2) is 5.46. The molecule has 0 aromatic carbocycles. The Morgan fingerprint density at radius 2 is 2.40 bits per heavy atom. The van der Waals surface area contributed by atoms with Crippen LogP contribution in [0.5, 0.6) is 0 Å². The zero-order valence-corrected chi connectivity index (χ0v) is 9.29. The normalized spacial score (nSPS) is 18.7. The van der Waals surface area contributed by atoms with Gasteiger partial charge in [-0.3, -0.25) is 9.79 Å². The Morgan fingerprint density at radius 1 is 1.67 bits per heavy atom. The van der Waals surface area contributed by atoms with E-state index in [-0.39, 0.29) is 5.91 Å². The summed E-state index contributed by atoms with van der Waals surface area (Å²) in [6, 6.07) is 0. The SMILES string of the molecule is C=C(C)/N=C\C(=C/C)N1CCNCC1=O. The Kier molecular flexibility index (Phi) is 4.24. The Balaban J connectivity index is 2.74. The summed E-state index contributed by atoms with van der Waals surface area (Å²) in [5.74, 6) is 0.0857. The molecule has 0 radical (unpaired) electrons. The molecule has 4 nitrogen and oxygen atoms in total. The summed E-state index contributed by atoms with van der Waals surface area (Å²) in [6.45, 7) is 9.32. The van der Waals surface area contributed by atoms with E-state index in [4.69, 9.17) is 0 Å². The zero-order valence-electron chi connectivity index (χ0n) is 9.29. The molecule has 1 N–H and O–H groups in total. The van der Waals surface area contributed by atoms with Crippen LogP contribution < -0.4 is 5.32 Å². The summed E-state index contributed by atoms with van der Waals surface area (Å²) in [4.78, 5) is 17.4. The van der Waals surface area contributed by atoms with Crippen LogP contribution in [0.25, 0.3) is 0 Å². The van der Waals surface area contributed by atoms with Crippen LogP contribution in [0, 0.1) is 0 Å². The molecule has 0 aromatic rings. The molecule has 4 heteroatoms. The highest BCUT2D eigenvalue weighted by atomic mass is 16.2. The van der Waals surface area contributed by atoms with Gasteiger partial charge in [-0.1, -0.05) is 12.7 Å². The summed E-state index contributed by atoms with van der Waals surface area (Å²) in [5, 5.41) is 3.03. The van der Waals surface area contributed by atoms with E-state index in [1.807, 2.05) is 19.9 Å². The summed E-state index contributed by atoms with van der Waals surface area (Å²) in [5.41, 5.74) is 1.57. The lowest BCUT2D eigenvalue weighted by Gasteiger charge is -2.27. The second-order valence-corrected chi connectivity index (χ2v) is 3.43. The lowest BCUT2D eigenvalue weighted by molar-refractivity contribution is -0.129. The molecule has 0 unspecified atom stereocenters. The molecule has 15 heavy (non-hydrogen) atoms. The molecule has 0 aliphatic carbocycles. The predicted octanol–water partition coefficient (Wildman–Crippen LogP) is 0.926. The van der Waals surface area contributed by atoms with Gasteiger partial charge in [-0.15, -0.1) is 0 Å². The number of hydrogen-bond donors (Lipinski definition) is 1. The maximum absolute atomic E-state index is 11.6. The third kappa shape index (κ3) is 3.32. The van der Waals surface area contributed by atoms with Crippen LogP contribution in [0.1, 0.15) is 13.8 Å². The third-order valence-corrected chi connectivity index (χ3v) is 2.11. The van der Waals surface area contributed by atoms with Crippen molar-refractivity contribution in [2.75, 3.05) is 19.6 Å². The molecule has 82 valence electrons. The Morgan fingerprint density at radius 3 is 2.93 bits per heavy atom. The lowest BCUT2D eigenvalue weighted by Crippen LogP contribution is -2.47. The van der Waals surface area contributed by atoms with E-state index in [0.29, 0.717) is 13.1 Å². The molecular formula is C11H17N3O. The maximum atomic E-state index is 11.6. The van der Waals surface area contributed by atoms with Crippen LogP contribution in [0.2, 0.25) is 0 Å². The highest BCUT2D eigenvalue weighted by molar-refractivity contribution is 5.89. The van der Waals surface area contributed by atoms with Crippen LogP contribution in [-0.2, 0) is 4.79 Å². The molecule has 0 saturated carbocycles. The average Bonchev–Trinajstić information content (AvgIpc) is 2.21. The fourth-order valence-corrected chi connectivity index (χ4v) is 1.36. The van der Waals surface area contributed by atoms with Gasteiger partial charge in [0.25, 0.3) is 0 Å². The zero-order chi connectivity index (χ0) is 11.3. The first-order chi connectivity index (χ1) is 7.15. The number of carbonyl (C=O) groups excluding carboxylic acids is 1. The summed E-state index contributed by atoms with van der Waals surface area (Å²) in [6.07, 6.45) is 3.57. The Labute approximate surface area is 90.4 Å². The highest BCUT2D eigenvalue weighted by Gasteiger charge is 2.19. The predicted molar refractivity (Wildman–Crippen MR) is 61.6 cm³/mol. The van der Waals surface area contributed by atoms with Crippen molar-refractivity contribution in [2.45, 2.75) is 13.8 Å². The Hall–Kier alpha value is -1.42. The highest BCUT2D eigenvalue weighted by Crippen LogP contribution is 2.05. The van der Waals surface area contributed by atoms with Crippen LogP contribution in [0.3, 0.4) is 0 Å². The quantitative estimate of drug-likeness (QED) is 0.700. The summed E-state index contributed by atoms with van der Waals surface area (Å²) < 4.78 is 0. The van der Waals surface area contributed by atoms with Gasteiger partial charge < -0.3 is 10.2 Å². The van der Waals surface area contributed by atoms with Gasteiger partial charge in [0.1, 0.15) is 0 Å². The number of hydrogen-bond acceptors (Lipinski definition) is 3. The molecule has 1 heterocycles. The van der Waals surface area contributed by atoms with Crippen molar-refractivity contribution in [3.8, 4) is 0 Å². The maximum Gasteiger partial charge on any atom is 0.241 e. The molecule has 1 amide bonds. The van der Waals surface area contributed by atoms with E-state index in [0.717, 1.165) is 17.9 Å². The molecule has 0 aromatic heterocycles. The van der Waals surface area contributed by atoms with Gasteiger partial charge in [-0.25, -0.2) is 0 Å². The largest absolute Gasteiger partial charge is 0.309 e. The van der Waals surface area contributed by atoms with Crippen molar-refractivity contribution in [3.63, 3.8) is 0 Å². The summed E-state index contributed by atoms with van der Waals surface area (Å²) >= 11 is 0. The fraction of sp³-hybridized carbons (Fsp3) is 0.455. The molecule has 1 fully saturated rings. The minimum Gasteiger partial charge on any atom is -0.309 e. The van der Waals surface area contributed by atoms with E-state index in [9.17, 15) is 4.79 Å². The number of nitrogens with one attached hydrogen (secondary N) is 1. The van der Waals surface area contributed by atoms with E-state index < -0.39 is 0 Å². The molecule has 0 bridgehead atoms. The monoisotopic (exact) mass is 207 g/mol. The van der Waals surface area contributed by atoms with Crippen molar-refractivity contribution in [1.29, 1.82) is 0 Å². The number of nitrogens with zero attached hydrogens (tertiary/aromatic N) is 2. The van der Waals surface area contributed by atoms with Gasteiger partial charge in [-0.2, -0.15) is 0 Å². The second-order valence-electron chi connectivity index (χ2n) is 3.43. The lowest BCUT2D eigenvalue weighted by atomic mass is 10.3. The van der Waals surface area contributed by atoms with Crippen molar-refractivity contribution >= 4 is 12.1 Å². The van der Waals surface area contributed by atoms with Gasteiger partial charge in [0, 0.05) is 18.8 Å². The van der Waals surface area contributed by atoms with Gasteiger partial charge in [0.2, 0.25) is 5.91 Å². The Bertz CT molecular complexity index is 318. The molecule has 1 saturated heterocycles. The third-order valence-electron chi connectivity index (χ3n) is 2.11. The first-order valence-corrected chi connectivity index (χ1v) is 5.02.